The zero-order valence-electron chi connectivity index (χ0n) is 13.6. The van der Waals surface area contributed by atoms with Gasteiger partial charge >= 0.3 is 12.0 Å². The first-order valence-electron chi connectivity index (χ1n) is 8.07. The van der Waals surface area contributed by atoms with Gasteiger partial charge in [0.2, 0.25) is 0 Å². The van der Waals surface area contributed by atoms with Gasteiger partial charge in [0.1, 0.15) is 6.10 Å². The Balaban J connectivity index is 2.12. The fourth-order valence-corrected chi connectivity index (χ4v) is 3.07. The highest BCUT2D eigenvalue weighted by molar-refractivity contribution is 6.00. The quantitative estimate of drug-likeness (QED) is 0.872. The third-order valence-electron chi connectivity index (χ3n) is 4.11. The van der Waals surface area contributed by atoms with Crippen molar-refractivity contribution in [1.82, 2.24) is 0 Å². The first kappa shape index (κ1) is 16.1. The molecule has 2 N–H and O–H groups in total. The minimum atomic E-state index is -0.560. The number of urea groups is 1. The molecule has 2 aromatic rings. The molecular weight excluding hydrogens is 304 g/mol. The largest absolute Gasteiger partial charge is 0.457 e. The maximum atomic E-state index is 12.1. The van der Waals surface area contributed by atoms with Crippen molar-refractivity contribution in [1.29, 1.82) is 0 Å². The van der Waals surface area contributed by atoms with Crippen LogP contribution in [0.15, 0.2) is 48.5 Å². The SMILES string of the molecule is CCCC(=O)OC1Cc2ccccc2N(C(N)=O)c2ccccc21. The number of fused-ring (bicyclic) bond motifs is 2. The van der Waals surface area contributed by atoms with Gasteiger partial charge in [-0.05, 0) is 24.1 Å². The van der Waals surface area contributed by atoms with E-state index in [0.717, 1.165) is 23.2 Å². The van der Waals surface area contributed by atoms with E-state index in [1.807, 2.05) is 55.5 Å². The van der Waals surface area contributed by atoms with Crippen LogP contribution in [0.5, 0.6) is 0 Å². The lowest BCUT2D eigenvalue weighted by Gasteiger charge is -2.23. The second kappa shape index (κ2) is 6.74. The highest BCUT2D eigenvalue weighted by Gasteiger charge is 2.30. The summed E-state index contributed by atoms with van der Waals surface area (Å²) in [6.07, 6.45) is 1.18. The number of hydrogen-bond donors (Lipinski definition) is 1. The maximum absolute atomic E-state index is 12.1. The van der Waals surface area contributed by atoms with Crippen molar-refractivity contribution >= 4 is 23.4 Å². The van der Waals surface area contributed by atoms with Crippen LogP contribution in [0.1, 0.15) is 37.0 Å². The molecule has 24 heavy (non-hydrogen) atoms. The predicted octanol–water partition coefficient (Wildman–Crippen LogP) is 3.84. The molecule has 1 aliphatic heterocycles. The van der Waals surface area contributed by atoms with Gasteiger partial charge in [-0.25, -0.2) is 4.79 Å². The summed E-state index contributed by atoms with van der Waals surface area (Å²) in [6, 6.07) is 14.4. The number of nitrogens with zero attached hydrogens (tertiary/aromatic N) is 1. The van der Waals surface area contributed by atoms with Crippen LogP contribution in [-0.2, 0) is 16.0 Å². The maximum Gasteiger partial charge on any atom is 0.323 e. The summed E-state index contributed by atoms with van der Waals surface area (Å²) in [5.74, 6) is -0.234. The number of nitrogens with two attached hydrogens (primary N) is 1. The molecule has 2 amide bonds. The molecule has 0 radical (unpaired) electrons. The zero-order valence-corrected chi connectivity index (χ0v) is 13.6. The van der Waals surface area contributed by atoms with E-state index >= 15 is 0 Å². The average molecular weight is 324 g/mol. The van der Waals surface area contributed by atoms with Crippen LogP contribution >= 0.6 is 0 Å². The van der Waals surface area contributed by atoms with E-state index in [-0.39, 0.29) is 5.97 Å². The Morgan fingerprint density at radius 1 is 1.12 bits per heavy atom. The number of anilines is 2. The fraction of sp³-hybridized carbons (Fsp3) is 0.263. The van der Waals surface area contributed by atoms with Gasteiger partial charge < -0.3 is 10.5 Å². The summed E-state index contributed by atoms with van der Waals surface area (Å²) in [6.45, 7) is 1.94. The highest BCUT2D eigenvalue weighted by atomic mass is 16.5. The van der Waals surface area contributed by atoms with Gasteiger partial charge in [-0.2, -0.15) is 0 Å². The van der Waals surface area contributed by atoms with Gasteiger partial charge in [-0.15, -0.1) is 0 Å². The van der Waals surface area contributed by atoms with Gasteiger partial charge in [0.05, 0.1) is 11.4 Å². The molecule has 0 spiro atoms. The second-order valence-electron chi connectivity index (χ2n) is 5.79. The number of benzene rings is 2. The topological polar surface area (TPSA) is 72.6 Å². The van der Waals surface area contributed by atoms with Gasteiger partial charge in [0.25, 0.3) is 0 Å². The number of ether oxygens (including phenoxy) is 1. The molecule has 5 nitrogen and oxygen atoms in total. The number of hydrogen-bond acceptors (Lipinski definition) is 3. The van der Waals surface area contributed by atoms with Crippen LogP contribution in [0.25, 0.3) is 0 Å². The highest BCUT2D eigenvalue weighted by Crippen LogP contribution is 2.41. The van der Waals surface area contributed by atoms with Crippen molar-refractivity contribution in [2.24, 2.45) is 5.73 Å². The lowest BCUT2D eigenvalue weighted by Crippen LogP contribution is -2.32. The molecular formula is C19H20N2O3. The van der Waals surface area contributed by atoms with Crippen LogP contribution in [-0.4, -0.2) is 12.0 Å². The Morgan fingerprint density at radius 3 is 2.50 bits per heavy atom. The van der Waals surface area contributed by atoms with Crippen LogP contribution in [0, 0.1) is 0 Å². The third kappa shape index (κ3) is 2.97. The third-order valence-corrected chi connectivity index (χ3v) is 4.11. The Labute approximate surface area is 141 Å². The Kier molecular flexibility index (Phi) is 4.51. The van der Waals surface area contributed by atoms with E-state index in [1.165, 1.54) is 4.90 Å². The molecule has 0 bridgehead atoms. The molecule has 1 aliphatic rings. The summed E-state index contributed by atoms with van der Waals surface area (Å²) < 4.78 is 5.71. The number of rotatable bonds is 3. The van der Waals surface area contributed by atoms with E-state index in [4.69, 9.17) is 10.5 Å². The standard InChI is InChI=1S/C19H20N2O3/c1-2-7-18(22)24-17-12-13-8-3-5-10-15(13)21(19(20)23)16-11-6-4-9-14(16)17/h3-6,8-11,17H,2,7,12H2,1H3,(H2,20,23). The van der Waals surface area contributed by atoms with Crippen LogP contribution in [0.4, 0.5) is 16.2 Å². The van der Waals surface area contributed by atoms with Gasteiger partial charge in [0, 0.05) is 18.4 Å². The lowest BCUT2D eigenvalue weighted by molar-refractivity contribution is -0.149. The molecule has 0 aromatic heterocycles. The Hall–Kier alpha value is -2.82. The van der Waals surface area contributed by atoms with Crippen molar-refractivity contribution in [3.63, 3.8) is 0 Å². The van der Waals surface area contributed by atoms with Crippen molar-refractivity contribution in [3.8, 4) is 0 Å². The molecule has 0 aliphatic carbocycles. The second-order valence-corrected chi connectivity index (χ2v) is 5.79. The summed E-state index contributed by atoms with van der Waals surface area (Å²) in [4.78, 5) is 25.6. The Bertz CT molecular complexity index is 773. The van der Waals surface area contributed by atoms with Gasteiger partial charge in [-0.1, -0.05) is 43.3 Å². The average Bonchev–Trinajstić information content (AvgIpc) is 2.69. The van der Waals surface area contributed by atoms with E-state index in [1.54, 1.807) is 0 Å². The van der Waals surface area contributed by atoms with Crippen molar-refractivity contribution in [3.05, 3.63) is 59.7 Å². The molecule has 1 atom stereocenters. The van der Waals surface area contributed by atoms with Gasteiger partial charge in [-0.3, -0.25) is 9.69 Å². The van der Waals surface area contributed by atoms with E-state index < -0.39 is 12.1 Å². The van der Waals surface area contributed by atoms with E-state index in [9.17, 15) is 9.59 Å². The first-order chi connectivity index (χ1) is 11.6. The summed E-state index contributed by atoms with van der Waals surface area (Å²) in [5, 5.41) is 0. The number of carbonyl (C=O) groups is 2. The summed E-state index contributed by atoms with van der Waals surface area (Å²) in [7, 11) is 0. The molecule has 5 heteroatoms. The van der Waals surface area contributed by atoms with Gasteiger partial charge in [0.15, 0.2) is 0 Å². The molecule has 0 saturated heterocycles. The number of primary amides is 1. The summed E-state index contributed by atoms with van der Waals surface area (Å²) in [5.41, 5.74) is 8.73. The van der Waals surface area contributed by atoms with Crippen LogP contribution < -0.4 is 10.6 Å². The van der Waals surface area contributed by atoms with Crippen molar-refractivity contribution < 1.29 is 14.3 Å². The molecule has 2 aromatic carbocycles. The molecule has 124 valence electrons. The van der Waals surface area contributed by atoms with Crippen molar-refractivity contribution in [2.75, 3.05) is 4.90 Å². The molecule has 0 saturated carbocycles. The normalized spacial score (nSPS) is 15.9. The number of para-hydroxylation sites is 2. The van der Waals surface area contributed by atoms with Crippen molar-refractivity contribution in [2.45, 2.75) is 32.3 Å². The fourth-order valence-electron chi connectivity index (χ4n) is 3.07. The number of esters is 1. The summed E-state index contributed by atoms with van der Waals surface area (Å²) >= 11 is 0. The zero-order chi connectivity index (χ0) is 17.1. The van der Waals surface area contributed by atoms with E-state index in [0.29, 0.717) is 18.5 Å². The predicted molar refractivity (Wildman–Crippen MR) is 92.1 cm³/mol. The minimum Gasteiger partial charge on any atom is -0.457 e. The van der Waals surface area contributed by atoms with Crippen LogP contribution in [0.3, 0.4) is 0 Å². The molecule has 1 unspecified atom stereocenters. The molecule has 1 heterocycles. The van der Waals surface area contributed by atoms with Crippen LogP contribution in [0.2, 0.25) is 0 Å². The number of carbonyl (C=O) groups excluding carboxylic acids is 2. The first-order valence-corrected chi connectivity index (χ1v) is 8.07. The lowest BCUT2D eigenvalue weighted by atomic mass is 10.0. The number of amides is 2. The molecule has 0 fully saturated rings. The monoisotopic (exact) mass is 324 g/mol. The molecule has 3 rings (SSSR count). The minimum absolute atomic E-state index is 0.234. The Morgan fingerprint density at radius 2 is 1.79 bits per heavy atom. The van der Waals surface area contributed by atoms with E-state index in [2.05, 4.69) is 0 Å². The smallest absolute Gasteiger partial charge is 0.323 e.